The van der Waals surface area contributed by atoms with Crippen molar-refractivity contribution in [3.63, 3.8) is 0 Å². The molecular weight excluding hydrogens is 414 g/mol. The average molecular weight is 448 g/mol. The second kappa shape index (κ2) is 8.20. The molecule has 0 aromatic heterocycles. The molecular formula is C23H33N3O4S. The topological polar surface area (TPSA) is 78.0 Å². The summed E-state index contributed by atoms with van der Waals surface area (Å²) >= 11 is 0. The number of likely N-dealkylation sites (tertiary alicyclic amines) is 2. The fourth-order valence-electron chi connectivity index (χ4n) is 5.70. The van der Waals surface area contributed by atoms with Crippen LogP contribution in [0, 0.1) is 19.3 Å². The van der Waals surface area contributed by atoms with Crippen molar-refractivity contribution in [2.75, 3.05) is 32.7 Å². The molecule has 3 aliphatic rings. The van der Waals surface area contributed by atoms with Gasteiger partial charge in [0.2, 0.25) is 21.8 Å². The number of hydrogen-bond donors (Lipinski definition) is 0. The van der Waals surface area contributed by atoms with E-state index in [4.69, 9.17) is 0 Å². The third-order valence-corrected chi connectivity index (χ3v) is 9.50. The fourth-order valence-corrected chi connectivity index (χ4v) is 7.47. The largest absolute Gasteiger partial charge is 0.342 e. The van der Waals surface area contributed by atoms with E-state index in [-0.39, 0.29) is 17.9 Å². The van der Waals surface area contributed by atoms with Gasteiger partial charge in [0.15, 0.2) is 0 Å². The quantitative estimate of drug-likeness (QED) is 0.712. The Kier molecular flexibility index (Phi) is 5.89. The molecule has 0 saturated carbocycles. The van der Waals surface area contributed by atoms with Crippen LogP contribution in [0.25, 0.3) is 0 Å². The van der Waals surface area contributed by atoms with Crippen molar-refractivity contribution in [3.05, 3.63) is 29.3 Å². The lowest BCUT2D eigenvalue weighted by molar-refractivity contribution is -0.144. The molecule has 0 radical (unpaired) electrons. The lowest BCUT2D eigenvalue weighted by Gasteiger charge is -2.37. The Balaban J connectivity index is 1.67. The minimum Gasteiger partial charge on any atom is -0.342 e. The average Bonchev–Trinajstić information content (AvgIpc) is 3.34. The summed E-state index contributed by atoms with van der Waals surface area (Å²) in [5, 5.41) is 0. The number of carbonyl (C=O) groups is 2. The lowest BCUT2D eigenvalue weighted by Crippen LogP contribution is -2.51. The smallest absolute Gasteiger partial charge is 0.243 e. The number of benzene rings is 1. The minimum absolute atomic E-state index is 0.0352. The zero-order valence-corrected chi connectivity index (χ0v) is 19.6. The first-order chi connectivity index (χ1) is 14.7. The van der Waals surface area contributed by atoms with Crippen molar-refractivity contribution in [1.29, 1.82) is 0 Å². The van der Waals surface area contributed by atoms with Gasteiger partial charge in [0.05, 0.1) is 10.3 Å². The maximum absolute atomic E-state index is 13.7. The molecule has 8 heteroatoms. The van der Waals surface area contributed by atoms with E-state index in [1.54, 1.807) is 13.0 Å². The molecule has 3 fully saturated rings. The highest BCUT2D eigenvalue weighted by atomic mass is 32.2. The predicted octanol–water partition coefficient (Wildman–Crippen LogP) is 2.32. The van der Waals surface area contributed by atoms with Gasteiger partial charge in [-0.3, -0.25) is 9.59 Å². The van der Waals surface area contributed by atoms with Crippen LogP contribution >= 0.6 is 0 Å². The standard InChI is InChI=1S/C23H33N3O4S/c1-17-6-7-18(2)20(16-17)31(29,30)25-13-8-21-23(9-14-25,10-15-26(21)19(3)27)22(28)24-11-4-5-12-24/h6-7,16,21H,4-5,8-15H2,1-3H3/t21-,23+/m1/s1. The van der Waals surface area contributed by atoms with E-state index >= 15 is 0 Å². The van der Waals surface area contributed by atoms with Gasteiger partial charge in [0.25, 0.3) is 0 Å². The molecule has 3 aliphatic heterocycles. The first-order valence-corrected chi connectivity index (χ1v) is 12.7. The fraction of sp³-hybridized carbons (Fsp3) is 0.652. The number of fused-ring (bicyclic) bond motifs is 1. The Morgan fingerprint density at radius 3 is 2.35 bits per heavy atom. The molecule has 0 N–H and O–H groups in total. The van der Waals surface area contributed by atoms with Gasteiger partial charge < -0.3 is 9.80 Å². The van der Waals surface area contributed by atoms with E-state index in [0.29, 0.717) is 43.8 Å². The van der Waals surface area contributed by atoms with Crippen LogP contribution in [0.5, 0.6) is 0 Å². The number of aryl methyl sites for hydroxylation is 2. The van der Waals surface area contributed by atoms with Crippen LogP contribution in [0.2, 0.25) is 0 Å². The van der Waals surface area contributed by atoms with Crippen LogP contribution in [0.15, 0.2) is 23.1 Å². The summed E-state index contributed by atoms with van der Waals surface area (Å²) in [6.07, 6.45) is 3.58. The molecule has 0 aliphatic carbocycles. The Labute approximate surface area is 185 Å². The molecule has 3 saturated heterocycles. The van der Waals surface area contributed by atoms with Gasteiger partial charge in [-0.2, -0.15) is 4.31 Å². The van der Waals surface area contributed by atoms with Gasteiger partial charge in [0, 0.05) is 45.7 Å². The van der Waals surface area contributed by atoms with Gasteiger partial charge >= 0.3 is 0 Å². The van der Waals surface area contributed by atoms with Gasteiger partial charge in [-0.15, -0.1) is 0 Å². The molecule has 1 aromatic carbocycles. The molecule has 0 unspecified atom stereocenters. The highest BCUT2D eigenvalue weighted by Crippen LogP contribution is 2.46. The Morgan fingerprint density at radius 1 is 1.00 bits per heavy atom. The van der Waals surface area contributed by atoms with Crippen molar-refractivity contribution in [3.8, 4) is 0 Å². The van der Waals surface area contributed by atoms with Crippen LogP contribution < -0.4 is 0 Å². The van der Waals surface area contributed by atoms with E-state index in [1.807, 2.05) is 35.8 Å². The van der Waals surface area contributed by atoms with Gasteiger partial charge in [-0.1, -0.05) is 12.1 Å². The second-order valence-electron chi connectivity index (χ2n) is 9.35. The summed E-state index contributed by atoms with van der Waals surface area (Å²) in [4.78, 5) is 30.1. The zero-order chi connectivity index (χ0) is 22.4. The van der Waals surface area contributed by atoms with Crippen molar-refractivity contribution < 1.29 is 18.0 Å². The summed E-state index contributed by atoms with van der Waals surface area (Å²) < 4.78 is 28.6. The molecule has 170 valence electrons. The molecule has 7 nitrogen and oxygen atoms in total. The van der Waals surface area contributed by atoms with Crippen molar-refractivity contribution in [2.45, 2.75) is 63.8 Å². The first kappa shape index (κ1) is 22.3. The Hall–Kier alpha value is -1.93. The van der Waals surface area contributed by atoms with Crippen LogP contribution in [-0.2, 0) is 19.6 Å². The number of sulfonamides is 1. The number of nitrogens with zero attached hydrogens (tertiary/aromatic N) is 3. The van der Waals surface area contributed by atoms with Crippen molar-refractivity contribution >= 4 is 21.8 Å². The van der Waals surface area contributed by atoms with Crippen molar-refractivity contribution in [2.24, 2.45) is 5.41 Å². The molecule has 4 rings (SSSR count). The Morgan fingerprint density at radius 2 is 1.68 bits per heavy atom. The van der Waals surface area contributed by atoms with E-state index in [0.717, 1.165) is 37.1 Å². The molecule has 1 aromatic rings. The summed E-state index contributed by atoms with van der Waals surface area (Å²) in [5.41, 5.74) is 0.949. The third-order valence-electron chi connectivity index (χ3n) is 7.46. The number of amides is 2. The van der Waals surface area contributed by atoms with E-state index < -0.39 is 15.4 Å². The van der Waals surface area contributed by atoms with Crippen LogP contribution in [0.4, 0.5) is 0 Å². The predicted molar refractivity (Wildman–Crippen MR) is 118 cm³/mol. The number of hydrogen-bond acceptors (Lipinski definition) is 4. The van der Waals surface area contributed by atoms with E-state index in [9.17, 15) is 18.0 Å². The minimum atomic E-state index is -3.67. The summed E-state index contributed by atoms with van der Waals surface area (Å²) in [6, 6.07) is 5.24. The lowest BCUT2D eigenvalue weighted by atomic mass is 9.75. The van der Waals surface area contributed by atoms with Crippen LogP contribution in [-0.4, -0.2) is 73.1 Å². The SMILES string of the molecule is CC(=O)N1CC[C@@]2(C(=O)N3CCCC3)CCN(S(=O)(=O)c3cc(C)ccc3C)CC[C@@H]12. The maximum Gasteiger partial charge on any atom is 0.243 e. The molecule has 3 heterocycles. The van der Waals surface area contributed by atoms with Gasteiger partial charge in [-0.05, 0) is 63.1 Å². The van der Waals surface area contributed by atoms with Gasteiger partial charge in [0.1, 0.15) is 0 Å². The highest BCUT2D eigenvalue weighted by molar-refractivity contribution is 7.89. The number of carbonyl (C=O) groups excluding carboxylic acids is 2. The summed E-state index contributed by atoms with van der Waals surface area (Å²) in [6.45, 7) is 7.97. The molecule has 2 amide bonds. The second-order valence-corrected chi connectivity index (χ2v) is 11.3. The molecule has 31 heavy (non-hydrogen) atoms. The highest BCUT2D eigenvalue weighted by Gasteiger charge is 2.56. The maximum atomic E-state index is 13.7. The third kappa shape index (κ3) is 3.78. The van der Waals surface area contributed by atoms with Gasteiger partial charge in [-0.25, -0.2) is 8.42 Å². The monoisotopic (exact) mass is 447 g/mol. The first-order valence-electron chi connectivity index (χ1n) is 11.3. The molecule has 0 bridgehead atoms. The molecule has 0 spiro atoms. The summed E-state index contributed by atoms with van der Waals surface area (Å²) in [5.74, 6) is 0.0802. The van der Waals surface area contributed by atoms with Crippen LogP contribution in [0.1, 0.15) is 50.2 Å². The van der Waals surface area contributed by atoms with Crippen molar-refractivity contribution in [1.82, 2.24) is 14.1 Å². The van der Waals surface area contributed by atoms with E-state index in [1.165, 1.54) is 4.31 Å². The van der Waals surface area contributed by atoms with E-state index in [2.05, 4.69) is 0 Å². The van der Waals surface area contributed by atoms with Crippen LogP contribution in [0.3, 0.4) is 0 Å². The Bertz CT molecular complexity index is 987. The summed E-state index contributed by atoms with van der Waals surface area (Å²) in [7, 11) is -3.67. The molecule has 2 atom stereocenters. The number of rotatable bonds is 3. The normalized spacial score (nSPS) is 27.3. The zero-order valence-electron chi connectivity index (χ0n) is 18.8.